The lowest BCUT2D eigenvalue weighted by Gasteiger charge is -2.37. The van der Waals surface area contributed by atoms with E-state index in [4.69, 9.17) is 10.5 Å². The monoisotopic (exact) mass is 298 g/mol. The summed E-state index contributed by atoms with van der Waals surface area (Å²) in [6.07, 6.45) is 1.91. The van der Waals surface area contributed by atoms with E-state index in [0.717, 1.165) is 12.8 Å². The largest absolute Gasteiger partial charge is 0.495 e. The van der Waals surface area contributed by atoms with Gasteiger partial charge in [0.1, 0.15) is 10.6 Å². The van der Waals surface area contributed by atoms with Crippen molar-refractivity contribution in [1.82, 2.24) is 4.31 Å². The van der Waals surface area contributed by atoms with Crippen LogP contribution in [0.2, 0.25) is 0 Å². The van der Waals surface area contributed by atoms with Crippen LogP contribution >= 0.6 is 0 Å². The fraction of sp³-hybridized carbons (Fsp3) is 0.571. The second-order valence-electron chi connectivity index (χ2n) is 6.02. The van der Waals surface area contributed by atoms with Crippen LogP contribution in [0.15, 0.2) is 23.1 Å². The SMILES string of the molecule is COc1ccc(N)cc1S(=O)(=O)N1CCCC(C)(C)C1. The molecular formula is C14H22N2O3S. The minimum atomic E-state index is -3.57. The summed E-state index contributed by atoms with van der Waals surface area (Å²) in [6, 6.07) is 4.70. The van der Waals surface area contributed by atoms with Gasteiger partial charge in [0.05, 0.1) is 7.11 Å². The Hall–Kier alpha value is -1.27. The van der Waals surface area contributed by atoms with Crippen molar-refractivity contribution in [3.63, 3.8) is 0 Å². The molecule has 5 nitrogen and oxygen atoms in total. The molecule has 112 valence electrons. The Kier molecular flexibility index (Phi) is 3.97. The topological polar surface area (TPSA) is 72.6 Å². The predicted molar refractivity (Wildman–Crippen MR) is 79.2 cm³/mol. The van der Waals surface area contributed by atoms with Gasteiger partial charge in [-0.3, -0.25) is 0 Å². The third kappa shape index (κ3) is 2.91. The molecule has 1 saturated heterocycles. The lowest BCUT2D eigenvalue weighted by atomic mass is 9.85. The molecule has 1 aliphatic rings. The van der Waals surface area contributed by atoms with E-state index in [1.54, 1.807) is 12.1 Å². The summed E-state index contributed by atoms with van der Waals surface area (Å²) in [7, 11) is -2.11. The number of methoxy groups -OCH3 is 1. The number of benzene rings is 1. The molecule has 0 unspecified atom stereocenters. The van der Waals surface area contributed by atoms with Crippen molar-refractivity contribution in [2.24, 2.45) is 5.41 Å². The zero-order chi connectivity index (χ0) is 15.0. The van der Waals surface area contributed by atoms with Gasteiger partial charge in [-0.25, -0.2) is 8.42 Å². The summed E-state index contributed by atoms with van der Waals surface area (Å²) in [6.45, 7) is 5.24. The maximum Gasteiger partial charge on any atom is 0.246 e. The third-order valence-corrected chi connectivity index (χ3v) is 5.54. The van der Waals surface area contributed by atoms with Gasteiger partial charge in [-0.05, 0) is 36.5 Å². The Morgan fingerprint density at radius 1 is 1.35 bits per heavy atom. The standard InChI is InChI=1S/C14H22N2O3S/c1-14(2)7-4-8-16(10-14)20(17,18)13-9-11(15)5-6-12(13)19-3/h5-6,9H,4,7-8,10,15H2,1-3H3. The summed E-state index contributed by atoms with van der Waals surface area (Å²) in [4.78, 5) is 0.151. The molecule has 1 aliphatic heterocycles. The number of piperidine rings is 1. The van der Waals surface area contributed by atoms with E-state index in [1.165, 1.54) is 17.5 Å². The van der Waals surface area contributed by atoms with Gasteiger partial charge < -0.3 is 10.5 Å². The molecule has 0 amide bonds. The first kappa shape index (κ1) is 15.1. The molecule has 2 N–H and O–H groups in total. The molecule has 0 saturated carbocycles. The van der Waals surface area contributed by atoms with Gasteiger partial charge in [0.15, 0.2) is 0 Å². The predicted octanol–water partition coefficient (Wildman–Crippen LogP) is 2.09. The number of rotatable bonds is 3. The van der Waals surface area contributed by atoms with Gasteiger partial charge in [0.25, 0.3) is 0 Å². The highest BCUT2D eigenvalue weighted by Gasteiger charge is 2.35. The van der Waals surface area contributed by atoms with Crippen molar-refractivity contribution < 1.29 is 13.2 Å². The Labute approximate surface area is 120 Å². The summed E-state index contributed by atoms with van der Waals surface area (Å²) < 4.78 is 32.3. The molecule has 0 aliphatic carbocycles. The lowest BCUT2D eigenvalue weighted by molar-refractivity contribution is 0.186. The third-order valence-electron chi connectivity index (χ3n) is 3.67. The van der Waals surface area contributed by atoms with E-state index in [0.29, 0.717) is 24.5 Å². The Balaban J connectivity index is 2.42. The molecule has 1 fully saturated rings. The van der Waals surface area contributed by atoms with E-state index in [-0.39, 0.29) is 10.3 Å². The molecule has 0 radical (unpaired) electrons. The Morgan fingerprint density at radius 2 is 2.05 bits per heavy atom. The molecule has 1 aromatic carbocycles. The Morgan fingerprint density at radius 3 is 2.65 bits per heavy atom. The van der Waals surface area contributed by atoms with E-state index in [1.807, 2.05) is 0 Å². The first-order valence-electron chi connectivity index (χ1n) is 6.70. The summed E-state index contributed by atoms with van der Waals surface area (Å²) in [5.41, 5.74) is 6.14. The van der Waals surface area contributed by atoms with Crippen molar-refractivity contribution in [3.8, 4) is 5.75 Å². The number of nitrogens with two attached hydrogens (primary N) is 1. The summed E-state index contributed by atoms with van der Waals surface area (Å²) in [5.74, 6) is 0.336. The van der Waals surface area contributed by atoms with Crippen molar-refractivity contribution in [2.45, 2.75) is 31.6 Å². The van der Waals surface area contributed by atoms with Crippen LogP contribution in [0.25, 0.3) is 0 Å². The van der Waals surface area contributed by atoms with Crippen molar-refractivity contribution in [2.75, 3.05) is 25.9 Å². The lowest BCUT2D eigenvalue weighted by Crippen LogP contribution is -2.43. The normalized spacial score (nSPS) is 19.8. The van der Waals surface area contributed by atoms with Crippen LogP contribution < -0.4 is 10.5 Å². The van der Waals surface area contributed by atoms with E-state index in [2.05, 4.69) is 13.8 Å². The molecule has 20 heavy (non-hydrogen) atoms. The summed E-state index contributed by atoms with van der Waals surface area (Å²) in [5, 5.41) is 0. The zero-order valence-corrected chi connectivity index (χ0v) is 13.0. The average Bonchev–Trinajstić information content (AvgIpc) is 2.37. The van der Waals surface area contributed by atoms with Crippen LogP contribution in [0.5, 0.6) is 5.75 Å². The Bertz CT molecular complexity index is 596. The van der Waals surface area contributed by atoms with Crippen LogP contribution in [0, 0.1) is 5.41 Å². The molecular weight excluding hydrogens is 276 g/mol. The second kappa shape index (κ2) is 5.26. The van der Waals surface area contributed by atoms with Gasteiger partial charge in [-0.15, -0.1) is 0 Å². The number of anilines is 1. The number of ether oxygens (including phenoxy) is 1. The van der Waals surface area contributed by atoms with Crippen molar-refractivity contribution in [1.29, 1.82) is 0 Å². The number of nitrogen functional groups attached to an aromatic ring is 1. The minimum absolute atomic E-state index is 0.00111. The highest BCUT2D eigenvalue weighted by Crippen LogP contribution is 2.34. The van der Waals surface area contributed by atoms with Crippen LogP contribution in [-0.2, 0) is 10.0 Å². The van der Waals surface area contributed by atoms with E-state index in [9.17, 15) is 8.42 Å². The van der Waals surface area contributed by atoms with Gasteiger partial charge >= 0.3 is 0 Å². The highest BCUT2D eigenvalue weighted by molar-refractivity contribution is 7.89. The first-order chi connectivity index (χ1) is 9.26. The van der Waals surface area contributed by atoms with Gasteiger partial charge in [0.2, 0.25) is 10.0 Å². The van der Waals surface area contributed by atoms with Gasteiger partial charge in [0, 0.05) is 18.8 Å². The summed E-state index contributed by atoms with van der Waals surface area (Å²) >= 11 is 0. The van der Waals surface area contributed by atoms with Crippen molar-refractivity contribution >= 4 is 15.7 Å². The molecule has 0 atom stereocenters. The van der Waals surface area contributed by atoms with Crippen LogP contribution in [0.1, 0.15) is 26.7 Å². The number of nitrogens with zero attached hydrogens (tertiary/aromatic N) is 1. The van der Waals surface area contributed by atoms with Crippen molar-refractivity contribution in [3.05, 3.63) is 18.2 Å². The zero-order valence-electron chi connectivity index (χ0n) is 12.2. The fourth-order valence-electron chi connectivity index (χ4n) is 2.61. The number of sulfonamides is 1. The average molecular weight is 298 g/mol. The molecule has 0 spiro atoms. The van der Waals surface area contributed by atoms with Gasteiger partial charge in [-0.2, -0.15) is 4.31 Å². The number of hydrogen-bond donors (Lipinski definition) is 1. The van der Waals surface area contributed by atoms with E-state index < -0.39 is 10.0 Å². The quantitative estimate of drug-likeness (QED) is 0.867. The minimum Gasteiger partial charge on any atom is -0.495 e. The second-order valence-corrected chi connectivity index (χ2v) is 7.92. The molecule has 1 heterocycles. The molecule has 0 bridgehead atoms. The molecule has 2 rings (SSSR count). The molecule has 1 aromatic rings. The smallest absolute Gasteiger partial charge is 0.246 e. The van der Waals surface area contributed by atoms with Gasteiger partial charge in [-0.1, -0.05) is 13.8 Å². The maximum absolute atomic E-state index is 12.8. The molecule has 0 aromatic heterocycles. The first-order valence-corrected chi connectivity index (χ1v) is 8.14. The van der Waals surface area contributed by atoms with Crippen LogP contribution in [0.3, 0.4) is 0 Å². The molecule has 6 heteroatoms. The van der Waals surface area contributed by atoms with Crippen LogP contribution in [-0.4, -0.2) is 32.9 Å². The highest BCUT2D eigenvalue weighted by atomic mass is 32.2. The maximum atomic E-state index is 12.8. The van der Waals surface area contributed by atoms with E-state index >= 15 is 0 Å². The fourth-order valence-corrected chi connectivity index (χ4v) is 4.47. The van der Waals surface area contributed by atoms with Crippen LogP contribution in [0.4, 0.5) is 5.69 Å². The number of hydrogen-bond acceptors (Lipinski definition) is 4.